The minimum Gasteiger partial charge on any atom is -0.381 e. The summed E-state index contributed by atoms with van der Waals surface area (Å²) < 4.78 is 37.0. The number of hydrogen-bond acceptors (Lipinski definition) is 5. The first kappa shape index (κ1) is 12.5. The monoisotopic (exact) mass is 260 g/mol. The number of ether oxygens (including phenoxy) is 1. The van der Waals surface area contributed by atoms with Crippen LogP contribution in [0.25, 0.3) is 0 Å². The minimum absolute atomic E-state index is 0.0672. The molecule has 0 atom stereocenters. The van der Waals surface area contributed by atoms with E-state index in [1.807, 2.05) is 0 Å². The molecule has 1 N–H and O–H groups in total. The Labute approximate surface area is 100 Å². The van der Waals surface area contributed by atoms with Crippen LogP contribution in [0.1, 0.15) is 24.3 Å². The third-order valence-corrected chi connectivity index (χ3v) is 4.54. The van der Waals surface area contributed by atoms with Crippen LogP contribution in [0, 0.1) is 13.8 Å². The lowest BCUT2D eigenvalue weighted by Gasteiger charge is -2.22. The first-order chi connectivity index (χ1) is 8.00. The molecule has 0 spiro atoms. The zero-order valence-corrected chi connectivity index (χ0v) is 10.7. The maximum absolute atomic E-state index is 12.2. The van der Waals surface area contributed by atoms with Crippen LogP contribution in [0.15, 0.2) is 9.42 Å². The summed E-state index contributed by atoms with van der Waals surface area (Å²) in [7, 11) is -3.54. The molecule has 2 rings (SSSR count). The first-order valence-electron chi connectivity index (χ1n) is 5.53. The highest BCUT2D eigenvalue weighted by Gasteiger charge is 2.27. The van der Waals surface area contributed by atoms with Crippen LogP contribution in [0.5, 0.6) is 0 Å². The van der Waals surface area contributed by atoms with Gasteiger partial charge >= 0.3 is 0 Å². The summed E-state index contributed by atoms with van der Waals surface area (Å²) in [6, 6.07) is -0.0672. The van der Waals surface area contributed by atoms with Gasteiger partial charge in [-0.05, 0) is 26.7 Å². The van der Waals surface area contributed by atoms with E-state index in [1.165, 1.54) is 0 Å². The van der Waals surface area contributed by atoms with Crippen molar-refractivity contribution in [2.24, 2.45) is 0 Å². The number of aryl methyl sites for hydroxylation is 2. The second kappa shape index (κ2) is 4.75. The van der Waals surface area contributed by atoms with E-state index < -0.39 is 10.0 Å². The molecule has 0 radical (unpaired) electrons. The van der Waals surface area contributed by atoms with Crippen LogP contribution >= 0.6 is 0 Å². The summed E-state index contributed by atoms with van der Waals surface area (Å²) >= 11 is 0. The van der Waals surface area contributed by atoms with Gasteiger partial charge in [-0.2, -0.15) is 0 Å². The molecule has 6 nitrogen and oxygen atoms in total. The summed E-state index contributed by atoms with van der Waals surface area (Å²) in [6.45, 7) is 4.40. The smallest absolute Gasteiger partial charge is 0.246 e. The summed E-state index contributed by atoms with van der Waals surface area (Å²) in [4.78, 5) is 0.156. The molecule has 1 aromatic rings. The van der Waals surface area contributed by atoms with Gasteiger partial charge in [-0.15, -0.1) is 0 Å². The molecule has 17 heavy (non-hydrogen) atoms. The van der Waals surface area contributed by atoms with Crippen molar-refractivity contribution in [1.82, 2.24) is 9.88 Å². The summed E-state index contributed by atoms with van der Waals surface area (Å²) in [5.74, 6) is 0.321. The summed E-state index contributed by atoms with van der Waals surface area (Å²) in [5, 5.41) is 3.66. The first-order valence-corrected chi connectivity index (χ1v) is 7.02. The summed E-state index contributed by atoms with van der Waals surface area (Å²) in [6.07, 6.45) is 1.39. The number of nitrogens with one attached hydrogen (secondary N) is 1. The average molecular weight is 260 g/mol. The van der Waals surface area contributed by atoms with E-state index in [0.29, 0.717) is 37.5 Å². The lowest BCUT2D eigenvalue weighted by molar-refractivity contribution is 0.0832. The molecule has 0 bridgehead atoms. The van der Waals surface area contributed by atoms with Gasteiger partial charge in [0.1, 0.15) is 10.6 Å². The van der Waals surface area contributed by atoms with E-state index >= 15 is 0 Å². The van der Waals surface area contributed by atoms with Gasteiger partial charge in [-0.1, -0.05) is 5.16 Å². The van der Waals surface area contributed by atoms with E-state index in [0.717, 1.165) is 0 Å². The zero-order chi connectivity index (χ0) is 12.5. The Bertz CT molecular complexity index is 469. The maximum atomic E-state index is 12.2. The molecule has 0 amide bonds. The molecule has 1 fully saturated rings. The van der Waals surface area contributed by atoms with Gasteiger partial charge in [0, 0.05) is 19.3 Å². The Kier molecular flexibility index (Phi) is 3.50. The fraction of sp³-hybridized carbons (Fsp3) is 0.700. The van der Waals surface area contributed by atoms with Crippen LogP contribution in [-0.2, 0) is 14.8 Å². The number of nitrogens with zero attached hydrogens (tertiary/aromatic N) is 1. The second-order valence-corrected chi connectivity index (χ2v) is 5.81. The molecule has 0 aromatic carbocycles. The van der Waals surface area contributed by atoms with Gasteiger partial charge in [0.2, 0.25) is 10.0 Å². The zero-order valence-electron chi connectivity index (χ0n) is 9.89. The Hall–Kier alpha value is -0.920. The van der Waals surface area contributed by atoms with E-state index in [1.54, 1.807) is 13.8 Å². The minimum atomic E-state index is -3.54. The molecular formula is C10H16N2O4S. The number of aromatic nitrogens is 1. The van der Waals surface area contributed by atoms with Crippen molar-refractivity contribution in [3.05, 3.63) is 11.5 Å². The van der Waals surface area contributed by atoms with Crippen LogP contribution < -0.4 is 4.72 Å². The normalized spacial score (nSPS) is 18.5. The topological polar surface area (TPSA) is 81.4 Å². The van der Waals surface area contributed by atoms with Crippen LogP contribution in [-0.4, -0.2) is 32.8 Å². The van der Waals surface area contributed by atoms with Crippen LogP contribution in [0.4, 0.5) is 0 Å². The third-order valence-electron chi connectivity index (χ3n) is 2.78. The SMILES string of the molecule is Cc1noc(C)c1S(=O)(=O)NC1CCOCC1. The highest BCUT2D eigenvalue weighted by atomic mass is 32.2. The van der Waals surface area contributed by atoms with Crippen molar-refractivity contribution in [3.8, 4) is 0 Å². The predicted octanol–water partition coefficient (Wildman–Crippen LogP) is 0.749. The molecule has 0 aliphatic carbocycles. The quantitative estimate of drug-likeness (QED) is 0.867. The molecule has 1 aliphatic heterocycles. The highest BCUT2D eigenvalue weighted by Crippen LogP contribution is 2.20. The van der Waals surface area contributed by atoms with Crippen molar-refractivity contribution in [3.63, 3.8) is 0 Å². The number of rotatable bonds is 3. The number of sulfonamides is 1. The molecular weight excluding hydrogens is 244 g/mol. The number of hydrogen-bond donors (Lipinski definition) is 1. The Balaban J connectivity index is 2.19. The van der Waals surface area contributed by atoms with Crippen molar-refractivity contribution >= 4 is 10.0 Å². The Morgan fingerprint density at radius 1 is 1.29 bits per heavy atom. The average Bonchev–Trinajstić information content (AvgIpc) is 2.59. The van der Waals surface area contributed by atoms with Gasteiger partial charge in [-0.3, -0.25) is 0 Å². The fourth-order valence-corrected chi connectivity index (χ4v) is 3.59. The molecule has 1 aromatic heterocycles. The fourth-order valence-electron chi connectivity index (χ4n) is 1.95. The molecule has 2 heterocycles. The largest absolute Gasteiger partial charge is 0.381 e. The lowest BCUT2D eigenvalue weighted by atomic mass is 10.1. The van der Waals surface area contributed by atoms with Gasteiger partial charge in [0.25, 0.3) is 0 Å². The lowest BCUT2D eigenvalue weighted by Crippen LogP contribution is -2.39. The molecule has 0 saturated carbocycles. The van der Waals surface area contributed by atoms with Crippen molar-refractivity contribution < 1.29 is 17.7 Å². The van der Waals surface area contributed by atoms with Crippen LogP contribution in [0.2, 0.25) is 0 Å². The molecule has 0 unspecified atom stereocenters. The van der Waals surface area contributed by atoms with E-state index in [9.17, 15) is 8.42 Å². The van der Waals surface area contributed by atoms with Gasteiger partial charge in [0.05, 0.1) is 0 Å². The summed E-state index contributed by atoms with van der Waals surface area (Å²) in [5.41, 5.74) is 0.391. The molecule has 96 valence electrons. The molecule has 1 saturated heterocycles. The van der Waals surface area contributed by atoms with Crippen molar-refractivity contribution in [2.45, 2.75) is 37.6 Å². The van der Waals surface area contributed by atoms with E-state index in [-0.39, 0.29) is 10.9 Å². The van der Waals surface area contributed by atoms with Crippen LogP contribution in [0.3, 0.4) is 0 Å². The molecule has 7 heteroatoms. The van der Waals surface area contributed by atoms with Crippen molar-refractivity contribution in [1.29, 1.82) is 0 Å². The Morgan fingerprint density at radius 2 is 1.94 bits per heavy atom. The third kappa shape index (κ3) is 2.67. The predicted molar refractivity (Wildman–Crippen MR) is 60.1 cm³/mol. The van der Waals surface area contributed by atoms with E-state index in [4.69, 9.17) is 9.26 Å². The highest BCUT2D eigenvalue weighted by molar-refractivity contribution is 7.89. The maximum Gasteiger partial charge on any atom is 0.246 e. The molecule has 1 aliphatic rings. The standard InChI is InChI=1S/C10H16N2O4S/c1-7-10(8(2)16-11-7)17(13,14)12-9-3-5-15-6-4-9/h9,12H,3-6H2,1-2H3. The van der Waals surface area contributed by atoms with Gasteiger partial charge in [-0.25, -0.2) is 13.1 Å². The van der Waals surface area contributed by atoms with E-state index in [2.05, 4.69) is 9.88 Å². The second-order valence-electron chi connectivity index (χ2n) is 4.16. The van der Waals surface area contributed by atoms with Crippen molar-refractivity contribution in [2.75, 3.05) is 13.2 Å². The van der Waals surface area contributed by atoms with Gasteiger partial charge in [0.15, 0.2) is 5.76 Å². The Morgan fingerprint density at radius 3 is 2.47 bits per heavy atom. The van der Waals surface area contributed by atoms with Gasteiger partial charge < -0.3 is 9.26 Å².